The van der Waals surface area contributed by atoms with Gasteiger partial charge >= 0.3 is 0 Å². The molecule has 1 aromatic rings. The number of ether oxygens (including phenoxy) is 1. The number of aromatic nitrogens is 1. The Bertz CT molecular complexity index is 458. The highest BCUT2D eigenvalue weighted by atomic mass is 16.5. The number of likely N-dealkylation sites (N-methyl/N-ethyl adjacent to an activating group) is 1. The van der Waals surface area contributed by atoms with E-state index in [0.29, 0.717) is 18.2 Å². The third-order valence-corrected chi connectivity index (χ3v) is 2.75. The van der Waals surface area contributed by atoms with Gasteiger partial charge in [0.2, 0.25) is 11.8 Å². The van der Waals surface area contributed by atoms with Gasteiger partial charge in [-0.3, -0.25) is 14.5 Å². The lowest BCUT2D eigenvalue weighted by Gasteiger charge is -2.12. The van der Waals surface area contributed by atoms with Crippen molar-refractivity contribution < 1.29 is 14.3 Å². The van der Waals surface area contributed by atoms with Crippen LogP contribution in [0.1, 0.15) is 13.3 Å². The lowest BCUT2D eigenvalue weighted by molar-refractivity contribution is -0.136. The first-order valence-electron chi connectivity index (χ1n) is 5.77. The lowest BCUT2D eigenvalue weighted by Crippen LogP contribution is -2.31. The second-order valence-electron chi connectivity index (χ2n) is 4.01. The van der Waals surface area contributed by atoms with Crippen LogP contribution >= 0.6 is 0 Å². The Morgan fingerprint density at radius 3 is 2.78 bits per heavy atom. The van der Waals surface area contributed by atoms with Gasteiger partial charge in [0.05, 0.1) is 24.9 Å². The Morgan fingerprint density at radius 2 is 2.28 bits per heavy atom. The first-order chi connectivity index (χ1) is 8.61. The number of pyridine rings is 1. The van der Waals surface area contributed by atoms with Crippen LogP contribution in [0.15, 0.2) is 18.3 Å². The number of carbonyl (C=O) groups is 2. The van der Waals surface area contributed by atoms with Crippen LogP contribution < -0.4 is 10.1 Å². The topological polar surface area (TPSA) is 71.5 Å². The number of amides is 2. The fraction of sp³-hybridized carbons (Fsp3) is 0.417. The Labute approximate surface area is 105 Å². The van der Waals surface area contributed by atoms with Crippen molar-refractivity contribution in [2.75, 3.05) is 19.0 Å². The number of likely N-dealkylation sites (tertiary alicyclic amines) is 1. The van der Waals surface area contributed by atoms with Crippen molar-refractivity contribution in [3.63, 3.8) is 0 Å². The summed E-state index contributed by atoms with van der Waals surface area (Å²) >= 11 is 0. The van der Waals surface area contributed by atoms with Gasteiger partial charge in [0.25, 0.3) is 5.91 Å². The Balaban J connectivity index is 2.02. The van der Waals surface area contributed by atoms with Crippen molar-refractivity contribution in [1.29, 1.82) is 0 Å². The summed E-state index contributed by atoms with van der Waals surface area (Å²) in [5.74, 6) is 0.152. The summed E-state index contributed by atoms with van der Waals surface area (Å²) in [6, 6.07) is 2.99. The fourth-order valence-electron chi connectivity index (χ4n) is 1.77. The summed E-state index contributed by atoms with van der Waals surface area (Å²) in [7, 11) is 1.49. The van der Waals surface area contributed by atoms with Gasteiger partial charge < -0.3 is 10.1 Å². The van der Waals surface area contributed by atoms with Gasteiger partial charge in [0, 0.05) is 13.1 Å². The molecule has 96 valence electrons. The molecule has 1 saturated heterocycles. The molecule has 0 aromatic carbocycles. The van der Waals surface area contributed by atoms with E-state index >= 15 is 0 Å². The van der Waals surface area contributed by atoms with Crippen molar-refractivity contribution >= 4 is 17.5 Å². The molecule has 2 rings (SSSR count). The number of hydrogen-bond donors (Lipinski definition) is 1. The molecule has 1 aromatic heterocycles. The maximum atomic E-state index is 11.7. The van der Waals surface area contributed by atoms with Gasteiger partial charge in [-0.05, 0) is 13.0 Å². The van der Waals surface area contributed by atoms with Gasteiger partial charge in [0.1, 0.15) is 6.04 Å². The van der Waals surface area contributed by atoms with Crippen LogP contribution in [-0.4, -0.2) is 41.4 Å². The van der Waals surface area contributed by atoms with E-state index in [1.165, 1.54) is 7.05 Å². The molecule has 6 heteroatoms. The smallest absolute Gasteiger partial charge is 0.251 e. The third-order valence-electron chi connectivity index (χ3n) is 2.75. The number of rotatable bonds is 4. The summed E-state index contributed by atoms with van der Waals surface area (Å²) in [5.41, 5.74) is 0.694. The van der Waals surface area contributed by atoms with E-state index in [0.717, 1.165) is 4.90 Å². The van der Waals surface area contributed by atoms with Crippen molar-refractivity contribution in [2.45, 2.75) is 19.4 Å². The average molecular weight is 249 g/mol. The average Bonchev–Trinajstić information content (AvgIpc) is 2.60. The summed E-state index contributed by atoms with van der Waals surface area (Å²) in [5, 5.41) is 2.99. The van der Waals surface area contributed by atoms with Gasteiger partial charge in [0.15, 0.2) is 0 Å². The number of nitrogens with zero attached hydrogens (tertiary/aromatic N) is 2. The molecule has 1 atom stereocenters. The van der Waals surface area contributed by atoms with Crippen LogP contribution in [0.5, 0.6) is 5.88 Å². The van der Waals surface area contributed by atoms with Crippen LogP contribution in [0.4, 0.5) is 5.69 Å². The van der Waals surface area contributed by atoms with Crippen molar-refractivity contribution in [1.82, 2.24) is 9.88 Å². The first-order valence-corrected chi connectivity index (χ1v) is 5.77. The molecule has 0 bridgehead atoms. The number of carbonyl (C=O) groups excluding carboxylic acids is 2. The molecule has 1 aliphatic rings. The Hall–Kier alpha value is -2.11. The van der Waals surface area contributed by atoms with Crippen molar-refractivity contribution in [3.05, 3.63) is 18.3 Å². The summed E-state index contributed by atoms with van der Waals surface area (Å²) in [4.78, 5) is 28.3. The summed E-state index contributed by atoms with van der Waals surface area (Å²) in [6.45, 7) is 2.44. The monoisotopic (exact) mass is 249 g/mol. The predicted octanol–water partition coefficient (Wildman–Crippen LogP) is 0.649. The lowest BCUT2D eigenvalue weighted by atomic mass is 10.2. The minimum Gasteiger partial charge on any atom is -0.478 e. The van der Waals surface area contributed by atoms with Crippen LogP contribution in [0.2, 0.25) is 0 Å². The molecule has 1 aliphatic heterocycles. The highest BCUT2D eigenvalue weighted by molar-refractivity contribution is 6.06. The zero-order valence-corrected chi connectivity index (χ0v) is 10.3. The van der Waals surface area contributed by atoms with E-state index in [1.54, 1.807) is 18.3 Å². The highest BCUT2D eigenvalue weighted by Gasteiger charge is 2.35. The molecule has 0 spiro atoms. The van der Waals surface area contributed by atoms with Gasteiger partial charge in [-0.2, -0.15) is 0 Å². The molecule has 6 nitrogen and oxygen atoms in total. The van der Waals surface area contributed by atoms with Crippen LogP contribution in [0.25, 0.3) is 0 Å². The SMILES string of the molecule is CCOc1ccc(NC2CC(=O)N(C)C2=O)cn1. The highest BCUT2D eigenvalue weighted by Crippen LogP contribution is 2.18. The number of nitrogens with one attached hydrogen (secondary N) is 1. The zero-order valence-electron chi connectivity index (χ0n) is 10.3. The van der Waals surface area contributed by atoms with E-state index < -0.39 is 6.04 Å². The normalized spacial score (nSPS) is 19.2. The molecular formula is C12H15N3O3. The standard InChI is InChI=1S/C12H15N3O3/c1-3-18-10-5-4-8(7-13-10)14-9-6-11(16)15(2)12(9)17/h4-5,7,9,14H,3,6H2,1-2H3. The second kappa shape index (κ2) is 5.03. The van der Waals surface area contributed by atoms with E-state index in [1.807, 2.05) is 6.92 Å². The number of anilines is 1. The molecule has 0 saturated carbocycles. The van der Waals surface area contributed by atoms with Gasteiger partial charge in [-0.1, -0.05) is 0 Å². The van der Waals surface area contributed by atoms with Crippen LogP contribution in [0.3, 0.4) is 0 Å². The third kappa shape index (κ3) is 2.42. The molecule has 1 fully saturated rings. The van der Waals surface area contributed by atoms with E-state index in [2.05, 4.69) is 10.3 Å². The zero-order chi connectivity index (χ0) is 13.1. The minimum absolute atomic E-state index is 0.170. The summed E-state index contributed by atoms with van der Waals surface area (Å²) in [6.07, 6.45) is 1.77. The quantitative estimate of drug-likeness (QED) is 0.793. The molecule has 18 heavy (non-hydrogen) atoms. The molecular weight excluding hydrogens is 234 g/mol. The van der Waals surface area contributed by atoms with E-state index in [4.69, 9.17) is 4.74 Å². The Kier molecular flexibility index (Phi) is 3.45. The molecule has 2 heterocycles. The predicted molar refractivity (Wildman–Crippen MR) is 65.2 cm³/mol. The fourth-order valence-corrected chi connectivity index (χ4v) is 1.77. The molecule has 0 radical (unpaired) electrons. The van der Waals surface area contributed by atoms with Crippen LogP contribution in [0, 0.1) is 0 Å². The summed E-state index contributed by atoms with van der Waals surface area (Å²) < 4.78 is 5.22. The Morgan fingerprint density at radius 1 is 1.50 bits per heavy atom. The first kappa shape index (κ1) is 12.3. The van der Waals surface area contributed by atoms with Crippen molar-refractivity contribution in [3.8, 4) is 5.88 Å². The maximum absolute atomic E-state index is 11.7. The largest absolute Gasteiger partial charge is 0.478 e. The van der Waals surface area contributed by atoms with E-state index in [9.17, 15) is 9.59 Å². The molecule has 1 N–H and O–H groups in total. The van der Waals surface area contributed by atoms with Crippen molar-refractivity contribution in [2.24, 2.45) is 0 Å². The second-order valence-corrected chi connectivity index (χ2v) is 4.01. The van der Waals surface area contributed by atoms with Crippen LogP contribution in [-0.2, 0) is 9.59 Å². The maximum Gasteiger partial charge on any atom is 0.251 e. The number of imide groups is 1. The molecule has 2 amide bonds. The minimum atomic E-state index is -0.498. The van der Waals surface area contributed by atoms with Gasteiger partial charge in [-0.25, -0.2) is 4.98 Å². The van der Waals surface area contributed by atoms with E-state index in [-0.39, 0.29) is 18.2 Å². The number of hydrogen-bond acceptors (Lipinski definition) is 5. The van der Waals surface area contributed by atoms with Gasteiger partial charge in [-0.15, -0.1) is 0 Å². The molecule has 1 unspecified atom stereocenters. The molecule has 0 aliphatic carbocycles.